The molecular weight excluding hydrogens is 529 g/mol. The summed E-state index contributed by atoms with van der Waals surface area (Å²) < 4.78 is 47.3. The Hall–Kier alpha value is -4.02. The van der Waals surface area contributed by atoms with Crippen LogP contribution in [0.15, 0.2) is 72.8 Å². The van der Waals surface area contributed by atoms with Crippen LogP contribution in [-0.2, 0) is 18.0 Å². The standard InChI is InChI=1S/C31H35F3N6O/c1-21-8-11-25(19-27(21)31(32,33)34)36-30(41-4)35-24-12-9-22(10-13-24)29-20-28(37-39(29)3)23-6-5-7-26(18-23)40-16-14-38(2)15-17-40/h5-13,18-20,30,35-36H,14-17H2,1-4H3. The lowest BCUT2D eigenvalue weighted by Crippen LogP contribution is -2.44. The summed E-state index contributed by atoms with van der Waals surface area (Å²) >= 11 is 0. The highest BCUT2D eigenvalue weighted by atomic mass is 19.4. The number of nitrogens with zero attached hydrogens (tertiary/aromatic N) is 4. The molecule has 0 bridgehead atoms. The summed E-state index contributed by atoms with van der Waals surface area (Å²) in [7, 11) is 5.56. The summed E-state index contributed by atoms with van der Waals surface area (Å²) in [6, 6.07) is 22.5. The Morgan fingerprint density at radius 1 is 0.829 bits per heavy atom. The maximum absolute atomic E-state index is 13.3. The van der Waals surface area contributed by atoms with Crippen LogP contribution in [0.2, 0.25) is 0 Å². The Morgan fingerprint density at radius 3 is 2.20 bits per heavy atom. The SMILES string of the molecule is COC(Nc1ccc(-c2cc(-c3cccc(N4CCN(C)CC4)c3)nn2C)cc1)Nc1ccc(C)c(C(F)(F)F)c1. The number of aryl methyl sites for hydroxylation is 2. The van der Waals surface area contributed by atoms with E-state index in [-0.39, 0.29) is 5.56 Å². The van der Waals surface area contributed by atoms with Crippen molar-refractivity contribution in [1.29, 1.82) is 0 Å². The van der Waals surface area contributed by atoms with Crippen molar-refractivity contribution < 1.29 is 17.9 Å². The van der Waals surface area contributed by atoms with E-state index in [4.69, 9.17) is 9.84 Å². The molecule has 0 amide bonds. The maximum Gasteiger partial charge on any atom is 0.416 e. The molecule has 3 aromatic carbocycles. The van der Waals surface area contributed by atoms with E-state index in [1.54, 1.807) is 6.07 Å². The fourth-order valence-corrected chi connectivity index (χ4v) is 5.02. The predicted molar refractivity (Wildman–Crippen MR) is 158 cm³/mol. The van der Waals surface area contributed by atoms with Crippen LogP contribution in [0.5, 0.6) is 0 Å². The molecule has 2 N–H and O–H groups in total. The first-order chi connectivity index (χ1) is 19.6. The molecule has 1 unspecified atom stereocenters. The zero-order valence-electron chi connectivity index (χ0n) is 23.7. The Labute approximate surface area is 238 Å². The number of rotatable bonds is 8. The van der Waals surface area contributed by atoms with Crippen LogP contribution in [0.3, 0.4) is 0 Å². The summed E-state index contributed by atoms with van der Waals surface area (Å²) in [6.45, 7) is 5.56. The first kappa shape index (κ1) is 28.5. The number of benzene rings is 3. The van der Waals surface area contributed by atoms with E-state index < -0.39 is 18.1 Å². The number of anilines is 3. The first-order valence-corrected chi connectivity index (χ1v) is 13.5. The zero-order valence-corrected chi connectivity index (χ0v) is 23.7. The Morgan fingerprint density at radius 2 is 1.51 bits per heavy atom. The van der Waals surface area contributed by atoms with E-state index in [1.807, 2.05) is 36.0 Å². The van der Waals surface area contributed by atoms with Gasteiger partial charge in [0.05, 0.1) is 17.0 Å². The van der Waals surface area contributed by atoms with Gasteiger partial charge < -0.3 is 25.2 Å². The molecule has 0 radical (unpaired) electrons. The van der Waals surface area contributed by atoms with Gasteiger partial charge in [0.25, 0.3) is 0 Å². The van der Waals surface area contributed by atoms with Crippen molar-refractivity contribution >= 4 is 17.1 Å². The molecule has 216 valence electrons. The number of hydrogen-bond acceptors (Lipinski definition) is 6. The molecule has 1 fully saturated rings. The number of methoxy groups -OCH3 is 1. The van der Waals surface area contributed by atoms with Crippen molar-refractivity contribution in [3.05, 3.63) is 83.9 Å². The summed E-state index contributed by atoms with van der Waals surface area (Å²) in [4.78, 5) is 4.75. The van der Waals surface area contributed by atoms with Gasteiger partial charge in [0, 0.05) is 63.0 Å². The minimum atomic E-state index is -4.42. The molecule has 0 aliphatic carbocycles. The molecule has 10 heteroatoms. The quantitative estimate of drug-likeness (QED) is 0.246. The lowest BCUT2D eigenvalue weighted by Gasteiger charge is -2.34. The fraction of sp³-hybridized carbons (Fsp3) is 0.323. The van der Waals surface area contributed by atoms with Crippen LogP contribution < -0.4 is 15.5 Å². The van der Waals surface area contributed by atoms with Crippen molar-refractivity contribution in [3.63, 3.8) is 0 Å². The molecular formula is C31H35F3N6O. The number of halogens is 3. The highest BCUT2D eigenvalue weighted by Crippen LogP contribution is 2.34. The molecule has 1 aromatic heterocycles. The maximum atomic E-state index is 13.3. The third kappa shape index (κ3) is 6.66. The van der Waals surface area contributed by atoms with Crippen molar-refractivity contribution in [2.75, 3.05) is 55.9 Å². The smallest absolute Gasteiger partial charge is 0.369 e. The van der Waals surface area contributed by atoms with Gasteiger partial charge in [0.1, 0.15) is 0 Å². The van der Waals surface area contributed by atoms with Gasteiger partial charge in [-0.25, -0.2) is 0 Å². The van der Waals surface area contributed by atoms with Gasteiger partial charge in [0.2, 0.25) is 6.35 Å². The summed E-state index contributed by atoms with van der Waals surface area (Å²) in [6.07, 6.45) is -5.16. The largest absolute Gasteiger partial charge is 0.416 e. The predicted octanol–water partition coefficient (Wildman–Crippen LogP) is 6.29. The summed E-state index contributed by atoms with van der Waals surface area (Å²) in [5.74, 6) is 0. The molecule has 41 heavy (non-hydrogen) atoms. The molecule has 4 aromatic rings. The second-order valence-electron chi connectivity index (χ2n) is 10.4. The number of likely N-dealkylation sites (N-methyl/N-ethyl adjacent to an activating group) is 1. The zero-order chi connectivity index (χ0) is 29.1. The highest BCUT2D eigenvalue weighted by Gasteiger charge is 2.32. The third-order valence-corrected chi connectivity index (χ3v) is 7.45. The van der Waals surface area contributed by atoms with Gasteiger partial charge in [-0.15, -0.1) is 0 Å². The topological polar surface area (TPSA) is 57.6 Å². The molecule has 2 heterocycles. The van der Waals surface area contributed by atoms with E-state index >= 15 is 0 Å². The van der Waals surface area contributed by atoms with Gasteiger partial charge >= 0.3 is 6.18 Å². The molecule has 1 aliphatic rings. The van der Waals surface area contributed by atoms with Crippen LogP contribution in [0, 0.1) is 6.92 Å². The molecule has 7 nitrogen and oxygen atoms in total. The van der Waals surface area contributed by atoms with E-state index in [9.17, 15) is 13.2 Å². The van der Waals surface area contributed by atoms with Crippen LogP contribution >= 0.6 is 0 Å². The second kappa shape index (κ2) is 11.8. The first-order valence-electron chi connectivity index (χ1n) is 13.5. The number of piperazine rings is 1. The monoisotopic (exact) mass is 564 g/mol. The van der Waals surface area contributed by atoms with E-state index in [2.05, 4.69) is 57.8 Å². The van der Waals surface area contributed by atoms with Crippen molar-refractivity contribution in [1.82, 2.24) is 14.7 Å². The second-order valence-corrected chi connectivity index (χ2v) is 10.4. The van der Waals surface area contributed by atoms with Crippen molar-refractivity contribution in [2.45, 2.75) is 19.5 Å². The lowest BCUT2D eigenvalue weighted by atomic mass is 10.1. The Balaban J connectivity index is 1.28. The Kier molecular flexibility index (Phi) is 8.23. The highest BCUT2D eigenvalue weighted by molar-refractivity contribution is 5.72. The van der Waals surface area contributed by atoms with E-state index in [1.165, 1.54) is 25.8 Å². The molecule has 1 saturated heterocycles. The van der Waals surface area contributed by atoms with E-state index in [0.717, 1.165) is 60.4 Å². The van der Waals surface area contributed by atoms with E-state index in [0.29, 0.717) is 5.69 Å². The third-order valence-electron chi connectivity index (χ3n) is 7.45. The van der Waals surface area contributed by atoms with Gasteiger partial charge in [0.15, 0.2) is 0 Å². The van der Waals surface area contributed by atoms with Crippen molar-refractivity contribution in [3.8, 4) is 22.5 Å². The minimum Gasteiger partial charge on any atom is -0.369 e. The summed E-state index contributed by atoms with van der Waals surface area (Å²) in [5, 5.41) is 10.9. The fourth-order valence-electron chi connectivity index (χ4n) is 5.02. The molecule has 1 aliphatic heterocycles. The van der Waals surface area contributed by atoms with Crippen LogP contribution in [0.4, 0.5) is 30.2 Å². The van der Waals surface area contributed by atoms with Crippen LogP contribution in [0.25, 0.3) is 22.5 Å². The van der Waals surface area contributed by atoms with Crippen LogP contribution in [-0.4, -0.2) is 61.4 Å². The number of aromatic nitrogens is 2. The summed E-state index contributed by atoms with van der Waals surface area (Å²) in [5.41, 5.74) is 5.68. The average molecular weight is 565 g/mol. The van der Waals surface area contributed by atoms with Gasteiger partial charge in [-0.3, -0.25) is 4.68 Å². The normalized spacial score (nSPS) is 15.1. The lowest BCUT2D eigenvalue weighted by molar-refractivity contribution is -0.138. The molecule has 0 saturated carbocycles. The van der Waals surface area contributed by atoms with Crippen LogP contribution in [0.1, 0.15) is 11.1 Å². The molecule has 1 atom stereocenters. The minimum absolute atomic E-state index is 0.168. The molecule has 0 spiro atoms. The van der Waals surface area contributed by atoms with Gasteiger partial charge in [-0.1, -0.05) is 30.3 Å². The number of ether oxygens (including phenoxy) is 1. The molecule has 5 rings (SSSR count). The van der Waals surface area contributed by atoms with Gasteiger partial charge in [-0.2, -0.15) is 18.3 Å². The Bertz CT molecular complexity index is 1480. The van der Waals surface area contributed by atoms with Crippen molar-refractivity contribution in [2.24, 2.45) is 7.05 Å². The average Bonchev–Trinajstić information content (AvgIpc) is 3.35. The number of hydrogen-bond donors (Lipinski definition) is 2. The number of alkyl halides is 3. The number of nitrogens with one attached hydrogen (secondary N) is 2. The van der Waals surface area contributed by atoms with Gasteiger partial charge in [-0.05, 0) is 67.6 Å².